The molecular formula is C17H24O3. The largest absolute Gasteiger partial charge is 0.508 e. The monoisotopic (exact) mass is 276 g/mol. The van der Waals surface area contributed by atoms with Crippen LogP contribution in [0.5, 0.6) is 11.5 Å². The minimum absolute atomic E-state index is 0.112. The Morgan fingerprint density at radius 1 is 1.25 bits per heavy atom. The molecule has 0 aliphatic heterocycles. The van der Waals surface area contributed by atoms with Gasteiger partial charge in [0.25, 0.3) is 0 Å². The molecule has 20 heavy (non-hydrogen) atoms. The maximum Gasteiger partial charge on any atom is 0.126 e. The van der Waals surface area contributed by atoms with Crippen molar-refractivity contribution in [1.29, 1.82) is 0 Å². The van der Waals surface area contributed by atoms with E-state index in [9.17, 15) is 10.2 Å². The van der Waals surface area contributed by atoms with Gasteiger partial charge >= 0.3 is 0 Å². The first-order chi connectivity index (χ1) is 9.54. The average molecular weight is 276 g/mol. The molecule has 0 saturated heterocycles. The van der Waals surface area contributed by atoms with Crippen molar-refractivity contribution in [2.75, 3.05) is 7.11 Å². The van der Waals surface area contributed by atoms with Crippen LogP contribution >= 0.6 is 0 Å². The SMILES string of the molecule is COc1cc(O)ccc1[C@H]1CC[C@@]2(C)[C@@H](CC[C@@H]2O)C1. The number of aliphatic hydroxyl groups is 1. The lowest BCUT2D eigenvalue weighted by Gasteiger charge is -2.42. The van der Waals surface area contributed by atoms with Gasteiger partial charge in [-0.15, -0.1) is 0 Å². The number of aromatic hydroxyl groups is 1. The highest BCUT2D eigenvalue weighted by atomic mass is 16.5. The van der Waals surface area contributed by atoms with Gasteiger partial charge in [0.15, 0.2) is 0 Å². The molecular weight excluding hydrogens is 252 g/mol. The second-order valence-electron chi connectivity index (χ2n) is 6.69. The molecule has 0 aromatic heterocycles. The molecule has 2 N–H and O–H groups in total. The zero-order valence-corrected chi connectivity index (χ0v) is 12.3. The minimum Gasteiger partial charge on any atom is -0.508 e. The number of methoxy groups -OCH3 is 1. The number of hydrogen-bond acceptors (Lipinski definition) is 3. The van der Waals surface area contributed by atoms with E-state index in [1.54, 1.807) is 19.2 Å². The summed E-state index contributed by atoms with van der Waals surface area (Å²) in [4.78, 5) is 0. The first-order valence-corrected chi connectivity index (χ1v) is 7.59. The Morgan fingerprint density at radius 2 is 2.05 bits per heavy atom. The minimum atomic E-state index is -0.129. The Kier molecular flexibility index (Phi) is 3.41. The van der Waals surface area contributed by atoms with Gasteiger partial charge in [-0.25, -0.2) is 0 Å². The molecule has 0 spiro atoms. The summed E-state index contributed by atoms with van der Waals surface area (Å²) in [6.45, 7) is 2.25. The van der Waals surface area contributed by atoms with Crippen LogP contribution in [0.2, 0.25) is 0 Å². The molecule has 0 amide bonds. The highest BCUT2D eigenvalue weighted by Gasteiger charge is 2.49. The van der Waals surface area contributed by atoms with Gasteiger partial charge in [-0.1, -0.05) is 13.0 Å². The van der Waals surface area contributed by atoms with E-state index in [0.717, 1.165) is 37.9 Å². The van der Waals surface area contributed by atoms with Crippen LogP contribution in [-0.4, -0.2) is 23.4 Å². The fourth-order valence-corrected chi connectivity index (χ4v) is 4.31. The normalized spacial score (nSPS) is 36.6. The maximum absolute atomic E-state index is 10.2. The van der Waals surface area contributed by atoms with Crippen LogP contribution in [-0.2, 0) is 0 Å². The van der Waals surface area contributed by atoms with Gasteiger partial charge in [0.05, 0.1) is 13.2 Å². The molecule has 3 nitrogen and oxygen atoms in total. The van der Waals surface area contributed by atoms with Crippen molar-refractivity contribution in [3.05, 3.63) is 23.8 Å². The highest BCUT2D eigenvalue weighted by molar-refractivity contribution is 5.42. The zero-order chi connectivity index (χ0) is 14.3. The Balaban J connectivity index is 1.84. The standard InChI is InChI=1S/C17H24O3/c1-17-8-7-11(9-12(17)3-6-16(17)19)14-5-4-13(18)10-15(14)20-2/h4-5,10-12,16,18-19H,3,6-9H2,1-2H3/t11-,12-,16-,17-/m0/s1. The Morgan fingerprint density at radius 3 is 2.80 bits per heavy atom. The fraction of sp³-hybridized carbons (Fsp3) is 0.647. The van der Waals surface area contributed by atoms with Crippen molar-refractivity contribution in [2.45, 2.75) is 51.0 Å². The second kappa shape index (κ2) is 4.96. The van der Waals surface area contributed by atoms with Crippen molar-refractivity contribution in [3.63, 3.8) is 0 Å². The number of phenols is 1. The molecule has 0 unspecified atom stereocenters. The van der Waals surface area contributed by atoms with Gasteiger partial charge in [-0.3, -0.25) is 0 Å². The van der Waals surface area contributed by atoms with Crippen LogP contribution in [0, 0.1) is 11.3 Å². The molecule has 110 valence electrons. The van der Waals surface area contributed by atoms with E-state index in [-0.39, 0.29) is 17.3 Å². The molecule has 1 aromatic carbocycles. The average Bonchev–Trinajstić information content (AvgIpc) is 2.74. The van der Waals surface area contributed by atoms with Gasteiger partial charge in [0.1, 0.15) is 11.5 Å². The number of phenolic OH excluding ortho intramolecular Hbond substituents is 1. The third kappa shape index (κ3) is 2.08. The van der Waals surface area contributed by atoms with E-state index in [1.807, 2.05) is 6.07 Å². The lowest BCUT2D eigenvalue weighted by atomic mass is 9.64. The molecule has 3 heteroatoms. The number of aliphatic hydroxyl groups excluding tert-OH is 1. The Hall–Kier alpha value is -1.22. The van der Waals surface area contributed by atoms with E-state index < -0.39 is 0 Å². The van der Waals surface area contributed by atoms with Crippen molar-refractivity contribution >= 4 is 0 Å². The summed E-state index contributed by atoms with van der Waals surface area (Å²) in [5.41, 5.74) is 1.31. The summed E-state index contributed by atoms with van der Waals surface area (Å²) in [5, 5.41) is 19.8. The van der Waals surface area contributed by atoms with Crippen molar-refractivity contribution in [2.24, 2.45) is 11.3 Å². The molecule has 0 bridgehead atoms. The number of hydrogen-bond donors (Lipinski definition) is 2. The van der Waals surface area contributed by atoms with Crippen LogP contribution in [0.1, 0.15) is 50.5 Å². The van der Waals surface area contributed by atoms with Crippen molar-refractivity contribution in [3.8, 4) is 11.5 Å². The quantitative estimate of drug-likeness (QED) is 0.870. The Labute approximate surface area is 120 Å². The molecule has 4 atom stereocenters. The van der Waals surface area contributed by atoms with Gasteiger partial charge < -0.3 is 14.9 Å². The van der Waals surface area contributed by atoms with E-state index >= 15 is 0 Å². The molecule has 0 radical (unpaired) electrons. The summed E-state index contributed by atoms with van der Waals surface area (Å²) in [7, 11) is 1.66. The van der Waals surface area contributed by atoms with Gasteiger partial charge in [-0.05, 0) is 61.0 Å². The molecule has 2 aliphatic carbocycles. The smallest absolute Gasteiger partial charge is 0.126 e. The topological polar surface area (TPSA) is 49.7 Å². The predicted molar refractivity (Wildman–Crippen MR) is 78.1 cm³/mol. The molecule has 1 aromatic rings. The molecule has 2 fully saturated rings. The number of ether oxygens (including phenoxy) is 1. The van der Waals surface area contributed by atoms with Crippen LogP contribution in [0.25, 0.3) is 0 Å². The number of rotatable bonds is 2. The summed E-state index contributed by atoms with van der Waals surface area (Å²) in [6.07, 6.45) is 5.23. The Bertz CT molecular complexity index is 499. The van der Waals surface area contributed by atoms with E-state index in [2.05, 4.69) is 6.92 Å². The van der Waals surface area contributed by atoms with E-state index in [4.69, 9.17) is 4.74 Å². The summed E-state index contributed by atoms with van der Waals surface area (Å²) >= 11 is 0. The third-order valence-corrected chi connectivity index (χ3v) is 5.74. The van der Waals surface area contributed by atoms with Crippen molar-refractivity contribution in [1.82, 2.24) is 0 Å². The summed E-state index contributed by atoms with van der Waals surface area (Å²) in [5.74, 6) is 2.13. The number of benzene rings is 1. The number of fused-ring (bicyclic) bond motifs is 1. The molecule has 2 saturated carbocycles. The molecule has 0 heterocycles. The van der Waals surface area contributed by atoms with E-state index in [0.29, 0.717) is 11.8 Å². The van der Waals surface area contributed by atoms with Crippen LogP contribution in [0.15, 0.2) is 18.2 Å². The molecule has 3 rings (SSSR count). The van der Waals surface area contributed by atoms with Gasteiger partial charge in [0.2, 0.25) is 0 Å². The zero-order valence-electron chi connectivity index (χ0n) is 12.3. The van der Waals surface area contributed by atoms with Gasteiger partial charge in [-0.2, -0.15) is 0 Å². The lowest BCUT2D eigenvalue weighted by Crippen LogP contribution is -2.37. The summed E-state index contributed by atoms with van der Waals surface area (Å²) in [6, 6.07) is 5.44. The first-order valence-electron chi connectivity index (χ1n) is 7.59. The first kappa shape index (κ1) is 13.7. The summed E-state index contributed by atoms with van der Waals surface area (Å²) < 4.78 is 5.43. The lowest BCUT2D eigenvalue weighted by molar-refractivity contribution is 0.00855. The maximum atomic E-state index is 10.2. The third-order valence-electron chi connectivity index (χ3n) is 5.74. The predicted octanol–water partition coefficient (Wildman–Crippen LogP) is 3.45. The van der Waals surface area contributed by atoms with Gasteiger partial charge in [0, 0.05) is 6.07 Å². The van der Waals surface area contributed by atoms with Crippen LogP contribution < -0.4 is 4.74 Å². The molecule has 2 aliphatic rings. The highest BCUT2D eigenvalue weighted by Crippen LogP contribution is 2.56. The van der Waals surface area contributed by atoms with Crippen molar-refractivity contribution < 1.29 is 14.9 Å². The van der Waals surface area contributed by atoms with E-state index in [1.165, 1.54) is 5.56 Å². The fourth-order valence-electron chi connectivity index (χ4n) is 4.31. The van der Waals surface area contributed by atoms with Crippen LogP contribution in [0.3, 0.4) is 0 Å². The van der Waals surface area contributed by atoms with Crippen LogP contribution in [0.4, 0.5) is 0 Å². The second-order valence-corrected chi connectivity index (χ2v) is 6.69.